The second-order valence-electron chi connectivity index (χ2n) is 6.10. The summed E-state index contributed by atoms with van der Waals surface area (Å²) in [6.45, 7) is 6.20. The van der Waals surface area contributed by atoms with E-state index in [-0.39, 0.29) is 6.04 Å². The van der Waals surface area contributed by atoms with Crippen LogP contribution in [0, 0.1) is 6.92 Å². The molecule has 0 saturated heterocycles. The van der Waals surface area contributed by atoms with Crippen molar-refractivity contribution in [2.45, 2.75) is 33.2 Å². The van der Waals surface area contributed by atoms with Crippen LogP contribution < -0.4 is 10.6 Å². The third kappa shape index (κ3) is 4.35. The zero-order valence-corrected chi connectivity index (χ0v) is 15.0. The number of rotatable bonds is 6. The minimum absolute atomic E-state index is 0.172. The summed E-state index contributed by atoms with van der Waals surface area (Å²) in [6.07, 6.45) is 0.976. The van der Waals surface area contributed by atoms with Gasteiger partial charge in [-0.25, -0.2) is 9.97 Å². The van der Waals surface area contributed by atoms with Crippen molar-refractivity contribution in [3.8, 4) is 0 Å². The molecule has 2 aromatic carbocycles. The van der Waals surface area contributed by atoms with Crippen LogP contribution in [0.4, 0.5) is 17.3 Å². The molecule has 1 aromatic heterocycles. The predicted octanol–water partition coefficient (Wildman–Crippen LogP) is 5.26. The molecule has 1 atom stereocenters. The maximum absolute atomic E-state index is 4.52. The summed E-state index contributed by atoms with van der Waals surface area (Å²) in [5.74, 6) is 2.36. The van der Waals surface area contributed by atoms with Gasteiger partial charge in [-0.15, -0.1) is 0 Å². The van der Waals surface area contributed by atoms with Crippen LogP contribution in [-0.4, -0.2) is 9.97 Å². The van der Waals surface area contributed by atoms with Crippen LogP contribution in [-0.2, 0) is 6.42 Å². The fourth-order valence-corrected chi connectivity index (χ4v) is 2.84. The van der Waals surface area contributed by atoms with Gasteiger partial charge in [0, 0.05) is 17.8 Å². The summed E-state index contributed by atoms with van der Waals surface area (Å²) in [5, 5.41) is 6.89. The number of hydrogen-bond acceptors (Lipinski definition) is 4. The highest BCUT2D eigenvalue weighted by molar-refractivity contribution is 5.62. The van der Waals surface area contributed by atoms with Gasteiger partial charge in [0.1, 0.15) is 17.5 Å². The molecule has 0 aliphatic carbocycles. The fourth-order valence-electron chi connectivity index (χ4n) is 2.84. The Bertz CT molecular complexity index is 830. The van der Waals surface area contributed by atoms with Crippen LogP contribution in [0.25, 0.3) is 0 Å². The predicted molar refractivity (Wildman–Crippen MR) is 104 cm³/mol. The highest BCUT2D eigenvalue weighted by atomic mass is 15.1. The van der Waals surface area contributed by atoms with Gasteiger partial charge < -0.3 is 10.6 Å². The van der Waals surface area contributed by atoms with Gasteiger partial charge in [-0.1, -0.05) is 55.5 Å². The number of nitrogens with zero attached hydrogens (tertiary/aromatic N) is 2. The molecule has 1 heterocycles. The first-order valence-corrected chi connectivity index (χ1v) is 8.68. The smallest absolute Gasteiger partial charge is 0.136 e. The van der Waals surface area contributed by atoms with Crippen LogP contribution in [0.5, 0.6) is 0 Å². The van der Waals surface area contributed by atoms with E-state index in [9.17, 15) is 0 Å². The molecule has 3 aromatic rings. The van der Waals surface area contributed by atoms with Crippen molar-refractivity contribution in [3.63, 3.8) is 0 Å². The SMILES string of the molecule is CCc1ccccc1Nc1cc(NC(C)c2ccccc2)nc(C)n1. The van der Waals surface area contributed by atoms with Crippen molar-refractivity contribution in [2.75, 3.05) is 10.6 Å². The summed E-state index contributed by atoms with van der Waals surface area (Å²) in [7, 11) is 0. The van der Waals surface area contributed by atoms with Crippen molar-refractivity contribution in [3.05, 3.63) is 77.6 Å². The van der Waals surface area contributed by atoms with Gasteiger partial charge in [0.2, 0.25) is 0 Å². The first-order chi connectivity index (χ1) is 12.2. The molecule has 0 amide bonds. The van der Waals surface area contributed by atoms with Gasteiger partial charge in [-0.2, -0.15) is 0 Å². The number of aryl methyl sites for hydroxylation is 2. The first kappa shape index (κ1) is 17.0. The first-order valence-electron chi connectivity index (χ1n) is 8.68. The molecule has 0 radical (unpaired) electrons. The Hall–Kier alpha value is -2.88. The van der Waals surface area contributed by atoms with Crippen molar-refractivity contribution < 1.29 is 0 Å². The Morgan fingerprint density at radius 3 is 2.36 bits per heavy atom. The van der Waals surface area contributed by atoms with Crippen LogP contribution in [0.1, 0.15) is 36.8 Å². The zero-order chi connectivity index (χ0) is 17.6. The second-order valence-corrected chi connectivity index (χ2v) is 6.10. The van der Waals surface area contributed by atoms with E-state index in [1.807, 2.05) is 37.3 Å². The lowest BCUT2D eigenvalue weighted by molar-refractivity contribution is 0.867. The Labute approximate surface area is 149 Å². The molecular weight excluding hydrogens is 308 g/mol. The molecule has 4 nitrogen and oxygen atoms in total. The quantitative estimate of drug-likeness (QED) is 0.646. The Morgan fingerprint density at radius 1 is 0.920 bits per heavy atom. The van der Waals surface area contributed by atoms with E-state index in [4.69, 9.17) is 0 Å². The lowest BCUT2D eigenvalue weighted by atomic mass is 10.1. The minimum Gasteiger partial charge on any atom is -0.363 e. The number of aromatic nitrogens is 2. The van der Waals surface area contributed by atoms with Crippen molar-refractivity contribution in [2.24, 2.45) is 0 Å². The average Bonchev–Trinajstić information content (AvgIpc) is 2.62. The highest BCUT2D eigenvalue weighted by Gasteiger charge is 2.09. The normalized spacial score (nSPS) is 11.8. The summed E-state index contributed by atoms with van der Waals surface area (Å²) < 4.78 is 0. The molecule has 0 saturated carbocycles. The van der Waals surface area contributed by atoms with Crippen molar-refractivity contribution in [1.82, 2.24) is 9.97 Å². The van der Waals surface area contributed by atoms with Crippen LogP contribution in [0.3, 0.4) is 0 Å². The highest BCUT2D eigenvalue weighted by Crippen LogP contribution is 2.23. The monoisotopic (exact) mass is 332 g/mol. The molecule has 2 N–H and O–H groups in total. The standard InChI is InChI=1S/C21H24N4/c1-4-17-10-8-9-13-19(17)25-21-14-20(23-16(3)24-21)22-15(2)18-11-6-5-7-12-18/h5-15H,4H2,1-3H3,(H2,22,23,24,25). The number of para-hydroxylation sites is 1. The van der Waals surface area contributed by atoms with Gasteiger partial charge in [-0.05, 0) is 37.5 Å². The molecule has 1 unspecified atom stereocenters. The Kier molecular flexibility index (Phi) is 5.29. The van der Waals surface area contributed by atoms with Crippen LogP contribution >= 0.6 is 0 Å². The molecule has 25 heavy (non-hydrogen) atoms. The van der Waals surface area contributed by atoms with Crippen LogP contribution in [0.15, 0.2) is 60.7 Å². The van der Waals surface area contributed by atoms with Gasteiger partial charge in [-0.3, -0.25) is 0 Å². The molecule has 0 bridgehead atoms. The Balaban J connectivity index is 1.81. The molecule has 0 spiro atoms. The number of hydrogen-bond donors (Lipinski definition) is 2. The maximum atomic E-state index is 4.52. The molecular formula is C21H24N4. The van der Waals surface area contributed by atoms with E-state index >= 15 is 0 Å². The summed E-state index contributed by atoms with van der Waals surface area (Å²) in [5.41, 5.74) is 3.58. The summed E-state index contributed by atoms with van der Waals surface area (Å²) in [4.78, 5) is 9.04. The zero-order valence-electron chi connectivity index (χ0n) is 15.0. The van der Waals surface area contributed by atoms with E-state index in [1.165, 1.54) is 11.1 Å². The fraction of sp³-hybridized carbons (Fsp3) is 0.238. The van der Waals surface area contributed by atoms with Crippen molar-refractivity contribution in [1.29, 1.82) is 0 Å². The topological polar surface area (TPSA) is 49.8 Å². The summed E-state index contributed by atoms with van der Waals surface area (Å²) in [6, 6.07) is 20.8. The molecule has 3 rings (SSSR count). The molecule has 0 aliphatic heterocycles. The largest absolute Gasteiger partial charge is 0.363 e. The lowest BCUT2D eigenvalue weighted by Gasteiger charge is -2.16. The molecule has 0 fully saturated rings. The molecule has 4 heteroatoms. The number of nitrogens with one attached hydrogen (secondary N) is 2. The van der Waals surface area contributed by atoms with Gasteiger partial charge in [0.05, 0.1) is 0 Å². The summed E-state index contributed by atoms with van der Waals surface area (Å²) >= 11 is 0. The van der Waals surface area contributed by atoms with Crippen molar-refractivity contribution >= 4 is 17.3 Å². The molecule has 0 aliphatic rings. The minimum atomic E-state index is 0.172. The lowest BCUT2D eigenvalue weighted by Crippen LogP contribution is -2.09. The third-order valence-corrected chi connectivity index (χ3v) is 4.16. The number of benzene rings is 2. The van der Waals surface area contributed by atoms with Gasteiger partial charge >= 0.3 is 0 Å². The van der Waals surface area contributed by atoms with E-state index in [0.29, 0.717) is 0 Å². The van der Waals surface area contributed by atoms with E-state index in [1.54, 1.807) is 0 Å². The number of anilines is 3. The van der Waals surface area contributed by atoms with Gasteiger partial charge in [0.15, 0.2) is 0 Å². The van der Waals surface area contributed by atoms with Crippen LogP contribution in [0.2, 0.25) is 0 Å². The average molecular weight is 332 g/mol. The Morgan fingerprint density at radius 2 is 1.60 bits per heavy atom. The third-order valence-electron chi connectivity index (χ3n) is 4.16. The molecule has 128 valence electrons. The maximum Gasteiger partial charge on any atom is 0.136 e. The van der Waals surface area contributed by atoms with E-state index in [0.717, 1.165) is 29.6 Å². The second kappa shape index (κ2) is 7.79. The van der Waals surface area contributed by atoms with E-state index < -0.39 is 0 Å². The van der Waals surface area contributed by atoms with Gasteiger partial charge in [0.25, 0.3) is 0 Å². The van der Waals surface area contributed by atoms with E-state index in [2.05, 4.69) is 64.8 Å².